The van der Waals surface area contributed by atoms with Gasteiger partial charge in [-0.2, -0.15) is 0 Å². The van der Waals surface area contributed by atoms with E-state index in [4.69, 9.17) is 5.73 Å². The molecule has 0 heterocycles. The number of hydrogen-bond acceptors (Lipinski definition) is 2. The Labute approximate surface area is 119 Å². The first-order chi connectivity index (χ1) is 9.61. The van der Waals surface area contributed by atoms with Gasteiger partial charge < -0.3 is 11.1 Å². The van der Waals surface area contributed by atoms with E-state index in [0.717, 1.165) is 28.8 Å². The van der Waals surface area contributed by atoms with Crippen LogP contribution in [0.1, 0.15) is 27.0 Å². The zero-order valence-corrected chi connectivity index (χ0v) is 11.9. The molecule has 0 fully saturated rings. The number of rotatable bonds is 4. The zero-order chi connectivity index (χ0) is 14.5. The molecule has 3 heteroatoms. The predicted molar refractivity (Wildman–Crippen MR) is 83.1 cm³/mol. The number of benzene rings is 2. The number of anilines is 1. The fraction of sp³-hybridized carbons (Fsp3) is 0.235. The molecule has 2 aromatic rings. The van der Waals surface area contributed by atoms with Gasteiger partial charge in [-0.1, -0.05) is 30.3 Å². The molecule has 0 unspecified atom stereocenters. The molecule has 0 radical (unpaired) electrons. The van der Waals surface area contributed by atoms with E-state index in [9.17, 15) is 4.79 Å². The van der Waals surface area contributed by atoms with Crippen LogP contribution in [0.3, 0.4) is 0 Å². The second kappa shape index (κ2) is 6.35. The lowest BCUT2D eigenvalue weighted by Gasteiger charge is -2.10. The molecule has 0 saturated carbocycles. The number of amides is 1. The van der Waals surface area contributed by atoms with Crippen LogP contribution >= 0.6 is 0 Å². The van der Waals surface area contributed by atoms with Gasteiger partial charge in [0.25, 0.3) is 5.91 Å². The van der Waals surface area contributed by atoms with Crippen LogP contribution in [-0.2, 0) is 6.42 Å². The zero-order valence-electron chi connectivity index (χ0n) is 11.9. The average molecular weight is 268 g/mol. The number of carbonyl (C=O) groups is 1. The molecule has 0 saturated heterocycles. The smallest absolute Gasteiger partial charge is 0.256 e. The number of hydrogen-bond donors (Lipinski definition) is 2. The standard InChI is InChI=1S/C17H20N2O/c1-12-4-3-5-13(2)16(12)17(20)19-15-8-6-14(7-9-15)10-11-18/h3-9H,10-11,18H2,1-2H3,(H,19,20). The third kappa shape index (κ3) is 3.25. The Bertz CT molecular complexity index is 583. The van der Waals surface area contributed by atoms with Gasteiger partial charge in [0, 0.05) is 11.3 Å². The predicted octanol–water partition coefficient (Wildman–Crippen LogP) is 3.06. The second-order valence-electron chi connectivity index (χ2n) is 4.96. The number of nitrogens with one attached hydrogen (secondary N) is 1. The summed E-state index contributed by atoms with van der Waals surface area (Å²) in [6.07, 6.45) is 0.852. The summed E-state index contributed by atoms with van der Waals surface area (Å²) in [5.41, 5.74) is 10.2. The van der Waals surface area contributed by atoms with Crippen molar-refractivity contribution in [2.45, 2.75) is 20.3 Å². The Morgan fingerprint density at radius 2 is 1.65 bits per heavy atom. The lowest BCUT2D eigenvalue weighted by Crippen LogP contribution is -2.15. The molecule has 3 N–H and O–H groups in total. The van der Waals surface area contributed by atoms with Crippen LogP contribution in [0.15, 0.2) is 42.5 Å². The second-order valence-corrected chi connectivity index (χ2v) is 4.96. The highest BCUT2D eigenvalue weighted by molar-refractivity contribution is 6.06. The largest absolute Gasteiger partial charge is 0.330 e. The monoisotopic (exact) mass is 268 g/mol. The maximum absolute atomic E-state index is 12.3. The molecule has 20 heavy (non-hydrogen) atoms. The lowest BCUT2D eigenvalue weighted by atomic mass is 10.0. The van der Waals surface area contributed by atoms with Crippen molar-refractivity contribution in [3.63, 3.8) is 0 Å². The van der Waals surface area contributed by atoms with Gasteiger partial charge in [0.05, 0.1) is 0 Å². The van der Waals surface area contributed by atoms with E-state index in [1.165, 1.54) is 5.56 Å². The van der Waals surface area contributed by atoms with E-state index >= 15 is 0 Å². The van der Waals surface area contributed by atoms with E-state index in [0.29, 0.717) is 6.54 Å². The van der Waals surface area contributed by atoms with Crippen molar-refractivity contribution >= 4 is 11.6 Å². The summed E-state index contributed by atoms with van der Waals surface area (Å²) in [5.74, 6) is -0.0628. The molecular weight excluding hydrogens is 248 g/mol. The highest BCUT2D eigenvalue weighted by Crippen LogP contribution is 2.16. The molecule has 104 valence electrons. The van der Waals surface area contributed by atoms with E-state index in [1.54, 1.807) is 0 Å². The summed E-state index contributed by atoms with van der Waals surface area (Å²) >= 11 is 0. The van der Waals surface area contributed by atoms with Crippen molar-refractivity contribution in [3.8, 4) is 0 Å². The molecule has 2 aromatic carbocycles. The van der Waals surface area contributed by atoms with E-state index < -0.39 is 0 Å². The summed E-state index contributed by atoms with van der Waals surface area (Å²) in [4.78, 5) is 12.3. The average Bonchev–Trinajstić information content (AvgIpc) is 2.41. The number of carbonyl (C=O) groups excluding carboxylic acids is 1. The molecule has 0 aromatic heterocycles. The molecule has 3 nitrogen and oxygen atoms in total. The van der Waals surface area contributed by atoms with Gasteiger partial charge in [-0.05, 0) is 55.6 Å². The van der Waals surface area contributed by atoms with Crippen molar-refractivity contribution in [1.82, 2.24) is 0 Å². The minimum atomic E-state index is -0.0628. The highest BCUT2D eigenvalue weighted by atomic mass is 16.1. The maximum atomic E-state index is 12.3. The third-order valence-corrected chi connectivity index (χ3v) is 3.35. The van der Waals surface area contributed by atoms with Crippen molar-refractivity contribution in [2.24, 2.45) is 5.73 Å². The van der Waals surface area contributed by atoms with Crippen LogP contribution in [0.5, 0.6) is 0 Å². The van der Waals surface area contributed by atoms with Crippen LogP contribution in [0.25, 0.3) is 0 Å². The number of nitrogens with two attached hydrogens (primary N) is 1. The van der Waals surface area contributed by atoms with Gasteiger partial charge in [-0.15, -0.1) is 0 Å². The van der Waals surface area contributed by atoms with Crippen LogP contribution in [0.2, 0.25) is 0 Å². The summed E-state index contributed by atoms with van der Waals surface area (Å²) in [7, 11) is 0. The molecular formula is C17H20N2O. The van der Waals surface area contributed by atoms with Gasteiger partial charge in [0.15, 0.2) is 0 Å². The Hall–Kier alpha value is -2.13. The van der Waals surface area contributed by atoms with Crippen molar-refractivity contribution in [1.29, 1.82) is 0 Å². The molecule has 0 aliphatic heterocycles. The minimum Gasteiger partial charge on any atom is -0.330 e. The minimum absolute atomic E-state index is 0.0628. The van der Waals surface area contributed by atoms with Gasteiger partial charge in [0.1, 0.15) is 0 Å². The molecule has 1 amide bonds. The van der Waals surface area contributed by atoms with E-state index in [2.05, 4.69) is 5.32 Å². The first-order valence-corrected chi connectivity index (χ1v) is 6.78. The van der Waals surface area contributed by atoms with Crippen LogP contribution < -0.4 is 11.1 Å². The molecule has 0 aliphatic carbocycles. The Morgan fingerprint density at radius 3 is 2.20 bits per heavy atom. The summed E-state index contributed by atoms with van der Waals surface area (Å²) in [6.45, 7) is 4.53. The van der Waals surface area contributed by atoms with E-state index in [1.807, 2.05) is 56.3 Å². The fourth-order valence-electron chi connectivity index (χ4n) is 2.29. The Balaban J connectivity index is 2.15. The first-order valence-electron chi connectivity index (χ1n) is 6.78. The molecule has 2 rings (SSSR count). The van der Waals surface area contributed by atoms with Crippen LogP contribution in [-0.4, -0.2) is 12.5 Å². The molecule has 0 aliphatic rings. The third-order valence-electron chi connectivity index (χ3n) is 3.35. The van der Waals surface area contributed by atoms with Crippen LogP contribution in [0, 0.1) is 13.8 Å². The topological polar surface area (TPSA) is 55.1 Å². The van der Waals surface area contributed by atoms with Gasteiger partial charge in [-0.3, -0.25) is 4.79 Å². The number of aryl methyl sites for hydroxylation is 2. The SMILES string of the molecule is Cc1cccc(C)c1C(=O)Nc1ccc(CCN)cc1. The molecule has 0 bridgehead atoms. The Morgan fingerprint density at radius 1 is 1.05 bits per heavy atom. The summed E-state index contributed by atoms with van der Waals surface area (Å²) in [5, 5.41) is 2.94. The fourth-order valence-corrected chi connectivity index (χ4v) is 2.29. The highest BCUT2D eigenvalue weighted by Gasteiger charge is 2.11. The quantitative estimate of drug-likeness (QED) is 0.895. The van der Waals surface area contributed by atoms with E-state index in [-0.39, 0.29) is 5.91 Å². The maximum Gasteiger partial charge on any atom is 0.256 e. The van der Waals surface area contributed by atoms with Crippen molar-refractivity contribution < 1.29 is 4.79 Å². The normalized spacial score (nSPS) is 10.3. The molecule has 0 spiro atoms. The van der Waals surface area contributed by atoms with Gasteiger partial charge in [0.2, 0.25) is 0 Å². The Kier molecular flexibility index (Phi) is 4.53. The van der Waals surface area contributed by atoms with Gasteiger partial charge in [-0.25, -0.2) is 0 Å². The molecule has 0 atom stereocenters. The van der Waals surface area contributed by atoms with Crippen molar-refractivity contribution in [3.05, 3.63) is 64.7 Å². The summed E-state index contributed by atoms with van der Waals surface area (Å²) < 4.78 is 0. The van der Waals surface area contributed by atoms with Gasteiger partial charge >= 0.3 is 0 Å². The summed E-state index contributed by atoms with van der Waals surface area (Å²) in [6, 6.07) is 13.7. The first kappa shape index (κ1) is 14.3. The van der Waals surface area contributed by atoms with Crippen molar-refractivity contribution in [2.75, 3.05) is 11.9 Å². The lowest BCUT2D eigenvalue weighted by molar-refractivity contribution is 0.102. The van der Waals surface area contributed by atoms with Crippen LogP contribution in [0.4, 0.5) is 5.69 Å².